The minimum absolute atomic E-state index is 0.545. The highest BCUT2D eigenvalue weighted by Crippen LogP contribution is 2.35. The SMILES string of the molecule is c1c(CC2CCCCC2)nn2c1NCCC2C1CCOC1. The predicted octanol–water partition coefficient (Wildman–Crippen LogP) is 3.40. The van der Waals surface area contributed by atoms with Crippen LogP contribution in [0.4, 0.5) is 5.82 Å². The second-order valence-corrected chi connectivity index (χ2v) is 7.08. The predicted molar refractivity (Wildman–Crippen MR) is 83.6 cm³/mol. The highest BCUT2D eigenvalue weighted by Gasteiger charge is 2.31. The van der Waals surface area contributed by atoms with E-state index in [-0.39, 0.29) is 0 Å². The Morgan fingerprint density at radius 2 is 2.10 bits per heavy atom. The first kappa shape index (κ1) is 13.6. The van der Waals surface area contributed by atoms with Crippen molar-refractivity contribution >= 4 is 5.82 Å². The Kier molecular flexibility index (Phi) is 3.89. The quantitative estimate of drug-likeness (QED) is 0.927. The van der Waals surface area contributed by atoms with E-state index >= 15 is 0 Å². The van der Waals surface area contributed by atoms with Crippen molar-refractivity contribution in [1.29, 1.82) is 0 Å². The molecule has 1 aromatic rings. The van der Waals surface area contributed by atoms with Gasteiger partial charge in [0.05, 0.1) is 18.3 Å². The molecule has 0 bridgehead atoms. The van der Waals surface area contributed by atoms with Gasteiger partial charge in [0.15, 0.2) is 0 Å². The summed E-state index contributed by atoms with van der Waals surface area (Å²) in [5, 5.41) is 8.50. The van der Waals surface area contributed by atoms with Crippen LogP contribution in [-0.2, 0) is 11.2 Å². The van der Waals surface area contributed by atoms with Crippen molar-refractivity contribution in [1.82, 2.24) is 9.78 Å². The Balaban J connectivity index is 1.50. The van der Waals surface area contributed by atoms with Crippen LogP contribution in [0.5, 0.6) is 0 Å². The molecule has 1 saturated carbocycles. The molecule has 2 fully saturated rings. The second-order valence-electron chi connectivity index (χ2n) is 7.08. The van der Waals surface area contributed by atoms with E-state index in [1.807, 2.05) is 0 Å². The van der Waals surface area contributed by atoms with E-state index in [1.54, 1.807) is 0 Å². The van der Waals surface area contributed by atoms with Crippen molar-refractivity contribution in [3.05, 3.63) is 11.8 Å². The smallest absolute Gasteiger partial charge is 0.124 e. The van der Waals surface area contributed by atoms with Gasteiger partial charge in [0.1, 0.15) is 5.82 Å². The Labute approximate surface area is 127 Å². The molecule has 4 rings (SSSR count). The largest absolute Gasteiger partial charge is 0.381 e. The molecule has 1 aromatic heterocycles. The third-order valence-corrected chi connectivity index (χ3v) is 5.58. The molecule has 1 aliphatic carbocycles. The average molecular weight is 289 g/mol. The van der Waals surface area contributed by atoms with Crippen molar-refractivity contribution < 1.29 is 4.74 Å². The second kappa shape index (κ2) is 5.99. The number of nitrogens with one attached hydrogen (secondary N) is 1. The van der Waals surface area contributed by atoms with Gasteiger partial charge in [-0.05, 0) is 25.2 Å². The first-order valence-corrected chi connectivity index (χ1v) is 8.80. The van der Waals surface area contributed by atoms with E-state index in [0.717, 1.165) is 25.7 Å². The van der Waals surface area contributed by atoms with E-state index in [4.69, 9.17) is 9.84 Å². The van der Waals surface area contributed by atoms with Crippen LogP contribution in [0.25, 0.3) is 0 Å². The number of hydrogen-bond donors (Lipinski definition) is 1. The standard InChI is InChI=1S/C17H27N3O/c1-2-4-13(5-3-1)10-15-11-17-18-8-6-16(20(17)19-15)14-7-9-21-12-14/h11,13-14,16,18H,1-10,12H2. The number of ether oxygens (including phenoxy) is 1. The molecule has 3 aliphatic rings. The average Bonchev–Trinajstić information content (AvgIpc) is 3.16. The number of aromatic nitrogens is 2. The maximum Gasteiger partial charge on any atom is 0.124 e. The third kappa shape index (κ3) is 2.83. The lowest BCUT2D eigenvalue weighted by molar-refractivity contribution is 0.167. The summed E-state index contributed by atoms with van der Waals surface area (Å²) < 4.78 is 7.87. The van der Waals surface area contributed by atoms with Gasteiger partial charge in [0.2, 0.25) is 0 Å². The van der Waals surface area contributed by atoms with Crippen LogP contribution in [0.1, 0.15) is 56.7 Å². The summed E-state index contributed by atoms with van der Waals surface area (Å²) in [6.07, 6.45) is 10.6. The minimum atomic E-state index is 0.545. The third-order valence-electron chi connectivity index (χ3n) is 5.58. The van der Waals surface area contributed by atoms with Crippen molar-refractivity contribution in [2.45, 2.75) is 57.4 Å². The van der Waals surface area contributed by atoms with Crippen LogP contribution in [0.3, 0.4) is 0 Å². The van der Waals surface area contributed by atoms with Gasteiger partial charge in [-0.2, -0.15) is 5.10 Å². The molecule has 1 N–H and O–H groups in total. The monoisotopic (exact) mass is 289 g/mol. The lowest BCUT2D eigenvalue weighted by atomic mass is 9.86. The Hall–Kier alpha value is -1.03. The van der Waals surface area contributed by atoms with Gasteiger partial charge in [-0.25, -0.2) is 4.68 Å². The molecule has 4 nitrogen and oxygen atoms in total. The highest BCUT2D eigenvalue weighted by molar-refractivity contribution is 5.39. The van der Waals surface area contributed by atoms with Gasteiger partial charge < -0.3 is 10.1 Å². The molecule has 4 heteroatoms. The molecule has 21 heavy (non-hydrogen) atoms. The first-order valence-electron chi connectivity index (χ1n) is 8.80. The number of anilines is 1. The van der Waals surface area contributed by atoms with E-state index in [2.05, 4.69) is 16.1 Å². The van der Waals surface area contributed by atoms with E-state index in [1.165, 1.54) is 62.9 Å². The van der Waals surface area contributed by atoms with Crippen molar-refractivity contribution in [2.75, 3.05) is 25.1 Å². The van der Waals surface area contributed by atoms with Crippen LogP contribution in [0.15, 0.2) is 6.07 Å². The molecular weight excluding hydrogens is 262 g/mol. The number of rotatable bonds is 3. The van der Waals surface area contributed by atoms with Gasteiger partial charge in [0.25, 0.3) is 0 Å². The molecule has 2 atom stereocenters. The minimum Gasteiger partial charge on any atom is -0.381 e. The summed E-state index contributed by atoms with van der Waals surface area (Å²) in [4.78, 5) is 0. The fraction of sp³-hybridized carbons (Fsp3) is 0.824. The molecule has 2 aliphatic heterocycles. The molecule has 0 spiro atoms. The summed E-state index contributed by atoms with van der Waals surface area (Å²) in [6.45, 7) is 2.93. The van der Waals surface area contributed by atoms with Gasteiger partial charge in [0, 0.05) is 25.1 Å². The molecular formula is C17H27N3O. The fourth-order valence-electron chi connectivity index (χ4n) is 4.38. The first-order chi connectivity index (χ1) is 10.4. The summed E-state index contributed by atoms with van der Waals surface area (Å²) >= 11 is 0. The van der Waals surface area contributed by atoms with E-state index in [0.29, 0.717) is 12.0 Å². The lowest BCUT2D eigenvalue weighted by Crippen LogP contribution is -2.29. The Morgan fingerprint density at radius 1 is 1.19 bits per heavy atom. The van der Waals surface area contributed by atoms with Crippen molar-refractivity contribution in [2.24, 2.45) is 11.8 Å². The summed E-state index contributed by atoms with van der Waals surface area (Å²) in [5.41, 5.74) is 1.30. The van der Waals surface area contributed by atoms with Crippen LogP contribution in [0, 0.1) is 11.8 Å². The summed E-state index contributed by atoms with van der Waals surface area (Å²) in [5.74, 6) is 2.77. The lowest BCUT2D eigenvalue weighted by Gasteiger charge is -2.29. The van der Waals surface area contributed by atoms with Gasteiger partial charge in [-0.3, -0.25) is 0 Å². The fourth-order valence-corrected chi connectivity index (χ4v) is 4.38. The van der Waals surface area contributed by atoms with Crippen LogP contribution >= 0.6 is 0 Å². The summed E-state index contributed by atoms with van der Waals surface area (Å²) in [6, 6.07) is 2.85. The number of nitrogens with zero attached hydrogens (tertiary/aromatic N) is 2. The number of hydrogen-bond acceptors (Lipinski definition) is 3. The molecule has 0 aromatic carbocycles. The highest BCUT2D eigenvalue weighted by atomic mass is 16.5. The van der Waals surface area contributed by atoms with Crippen molar-refractivity contribution in [3.8, 4) is 0 Å². The van der Waals surface area contributed by atoms with Crippen LogP contribution in [-0.4, -0.2) is 29.5 Å². The zero-order chi connectivity index (χ0) is 14.1. The van der Waals surface area contributed by atoms with Crippen molar-refractivity contribution in [3.63, 3.8) is 0 Å². The normalized spacial score (nSPS) is 30.1. The molecule has 0 amide bonds. The molecule has 2 unspecified atom stereocenters. The van der Waals surface area contributed by atoms with Gasteiger partial charge in [-0.1, -0.05) is 32.1 Å². The van der Waals surface area contributed by atoms with E-state index in [9.17, 15) is 0 Å². The van der Waals surface area contributed by atoms with Gasteiger partial charge in [-0.15, -0.1) is 0 Å². The molecule has 1 saturated heterocycles. The molecule has 0 radical (unpaired) electrons. The maximum atomic E-state index is 5.59. The number of fused-ring (bicyclic) bond motifs is 1. The van der Waals surface area contributed by atoms with Crippen LogP contribution in [0.2, 0.25) is 0 Å². The van der Waals surface area contributed by atoms with E-state index < -0.39 is 0 Å². The topological polar surface area (TPSA) is 39.1 Å². The van der Waals surface area contributed by atoms with Gasteiger partial charge >= 0.3 is 0 Å². The Bertz CT molecular complexity index is 472. The van der Waals surface area contributed by atoms with Crippen LogP contribution < -0.4 is 5.32 Å². The molecule has 3 heterocycles. The maximum absolute atomic E-state index is 5.59. The zero-order valence-electron chi connectivity index (χ0n) is 12.9. The summed E-state index contributed by atoms with van der Waals surface area (Å²) in [7, 11) is 0. The Morgan fingerprint density at radius 3 is 2.90 bits per heavy atom. The zero-order valence-corrected chi connectivity index (χ0v) is 12.9. The molecule has 116 valence electrons.